The van der Waals surface area contributed by atoms with E-state index in [-0.39, 0.29) is 0 Å². The number of nitrogens with zero attached hydrogens (tertiary/aromatic N) is 4. The predicted octanol–water partition coefficient (Wildman–Crippen LogP) is 12.4. The first kappa shape index (κ1) is 29.5. The Morgan fingerprint density at radius 2 is 0.962 bits per heavy atom. The molecular formula is C48H28N4O. The van der Waals surface area contributed by atoms with E-state index in [1.165, 1.54) is 26.9 Å². The van der Waals surface area contributed by atoms with Crippen LogP contribution in [0, 0.1) is 0 Å². The Labute approximate surface area is 303 Å². The second kappa shape index (κ2) is 11.7. The minimum absolute atomic E-state index is 0.588. The van der Waals surface area contributed by atoms with Crippen LogP contribution in [0.4, 0.5) is 0 Å². The summed E-state index contributed by atoms with van der Waals surface area (Å²) in [6, 6.07) is 56.8. The highest BCUT2D eigenvalue weighted by atomic mass is 16.3. The highest BCUT2D eigenvalue weighted by Crippen LogP contribution is 2.39. The molecule has 5 nitrogen and oxygen atoms in total. The van der Waals surface area contributed by atoms with Crippen LogP contribution in [0.5, 0.6) is 0 Å². The fourth-order valence-electron chi connectivity index (χ4n) is 7.80. The van der Waals surface area contributed by atoms with Gasteiger partial charge in [0.15, 0.2) is 17.5 Å². The maximum absolute atomic E-state index is 6.41. The summed E-state index contributed by atoms with van der Waals surface area (Å²) in [6.45, 7) is 0. The van der Waals surface area contributed by atoms with Crippen molar-refractivity contribution in [3.8, 4) is 45.3 Å². The van der Waals surface area contributed by atoms with Crippen LogP contribution in [-0.2, 0) is 0 Å². The Hall–Kier alpha value is -7.24. The zero-order valence-corrected chi connectivity index (χ0v) is 28.4. The van der Waals surface area contributed by atoms with Crippen LogP contribution in [0.15, 0.2) is 174 Å². The second-order valence-electron chi connectivity index (χ2n) is 13.4. The summed E-state index contributed by atoms with van der Waals surface area (Å²) < 4.78 is 6.41. The lowest BCUT2D eigenvalue weighted by Crippen LogP contribution is -2.00. The van der Waals surface area contributed by atoms with Crippen molar-refractivity contribution in [3.05, 3.63) is 170 Å². The fourth-order valence-corrected chi connectivity index (χ4v) is 7.80. The van der Waals surface area contributed by atoms with Gasteiger partial charge in [-0.25, -0.2) is 15.0 Å². The molecule has 0 atom stereocenters. The maximum atomic E-state index is 6.41. The molecule has 0 aliphatic heterocycles. The van der Waals surface area contributed by atoms with E-state index in [9.17, 15) is 0 Å². The summed E-state index contributed by atoms with van der Waals surface area (Å²) in [5, 5.41) is 10.4. The molecule has 0 amide bonds. The van der Waals surface area contributed by atoms with E-state index in [0.717, 1.165) is 66.0 Å². The number of hydrogen-bond donors (Lipinski definition) is 0. The summed E-state index contributed by atoms with van der Waals surface area (Å²) in [4.78, 5) is 19.8. The lowest BCUT2D eigenvalue weighted by Gasteiger charge is -2.13. The number of pyridine rings is 1. The number of aromatic nitrogens is 4. The van der Waals surface area contributed by atoms with Crippen molar-refractivity contribution in [1.29, 1.82) is 0 Å². The fraction of sp³-hybridized carbons (Fsp3) is 0. The van der Waals surface area contributed by atoms with Crippen molar-refractivity contribution < 1.29 is 4.42 Å². The molecule has 0 spiro atoms. The minimum Gasteiger partial charge on any atom is -0.456 e. The minimum atomic E-state index is 0.588. The van der Waals surface area contributed by atoms with Crippen molar-refractivity contribution >= 4 is 65.2 Å². The summed E-state index contributed by atoms with van der Waals surface area (Å²) >= 11 is 0. The highest BCUT2D eigenvalue weighted by molar-refractivity contribution is 6.20. The SMILES string of the molecule is c1ccc(-c2nc(-c3ccc(-c4cc5c(ccc6cccnc65)c5ccccc45)cc3)nc(-c3ccc4c(c3)oc3ccc5ccccc5c34)n2)cc1. The van der Waals surface area contributed by atoms with Crippen LogP contribution in [0.25, 0.3) is 110 Å². The third-order valence-electron chi connectivity index (χ3n) is 10.4. The summed E-state index contributed by atoms with van der Waals surface area (Å²) in [6.07, 6.45) is 1.87. The number of fused-ring (bicyclic) bond motifs is 10. The van der Waals surface area contributed by atoms with Gasteiger partial charge in [0.2, 0.25) is 0 Å². The summed E-state index contributed by atoms with van der Waals surface area (Å²) in [5.74, 6) is 1.81. The molecule has 0 aliphatic carbocycles. The molecule has 0 saturated heterocycles. The van der Waals surface area contributed by atoms with Gasteiger partial charge in [-0.2, -0.15) is 0 Å². The monoisotopic (exact) mass is 676 g/mol. The highest BCUT2D eigenvalue weighted by Gasteiger charge is 2.17. The van der Waals surface area contributed by atoms with Crippen LogP contribution in [0.1, 0.15) is 0 Å². The summed E-state index contributed by atoms with van der Waals surface area (Å²) in [7, 11) is 0. The molecule has 0 unspecified atom stereocenters. The molecule has 246 valence electrons. The van der Waals surface area contributed by atoms with Gasteiger partial charge in [-0.05, 0) is 68.4 Å². The quantitative estimate of drug-likeness (QED) is 0.174. The molecule has 5 heteroatoms. The van der Waals surface area contributed by atoms with E-state index in [1.54, 1.807) is 0 Å². The molecule has 53 heavy (non-hydrogen) atoms. The molecule has 0 bridgehead atoms. The predicted molar refractivity (Wildman–Crippen MR) is 217 cm³/mol. The van der Waals surface area contributed by atoms with Gasteiger partial charge < -0.3 is 4.42 Å². The van der Waals surface area contributed by atoms with Gasteiger partial charge in [-0.3, -0.25) is 4.98 Å². The van der Waals surface area contributed by atoms with Crippen molar-refractivity contribution in [2.45, 2.75) is 0 Å². The molecule has 0 aliphatic rings. The Kier molecular flexibility index (Phi) is 6.48. The van der Waals surface area contributed by atoms with Crippen LogP contribution in [0.3, 0.4) is 0 Å². The van der Waals surface area contributed by atoms with E-state index in [0.29, 0.717) is 17.5 Å². The third kappa shape index (κ3) is 4.79. The van der Waals surface area contributed by atoms with Gasteiger partial charge in [-0.15, -0.1) is 0 Å². The summed E-state index contributed by atoms with van der Waals surface area (Å²) in [5.41, 5.74) is 7.63. The van der Waals surface area contributed by atoms with Gasteiger partial charge in [0.1, 0.15) is 11.2 Å². The Balaban J connectivity index is 1.05. The molecule has 0 fully saturated rings. The van der Waals surface area contributed by atoms with Crippen molar-refractivity contribution in [1.82, 2.24) is 19.9 Å². The van der Waals surface area contributed by atoms with Gasteiger partial charge in [0, 0.05) is 44.4 Å². The normalized spacial score (nSPS) is 11.8. The molecule has 8 aromatic carbocycles. The lowest BCUT2D eigenvalue weighted by atomic mass is 9.92. The maximum Gasteiger partial charge on any atom is 0.164 e. The first-order valence-corrected chi connectivity index (χ1v) is 17.7. The smallest absolute Gasteiger partial charge is 0.164 e. The molecule has 0 saturated carbocycles. The number of hydrogen-bond acceptors (Lipinski definition) is 5. The van der Waals surface area contributed by atoms with Crippen LogP contribution in [0.2, 0.25) is 0 Å². The standard InChI is InChI=1S/C48H28N4O/c1-2-10-32(11-3-1)46-50-47(52-48(51-46)34-21-24-39-43(27-34)53-42-25-22-29-9-4-5-13-35(29)44(39)42)33-18-16-30(17-19-33)40-28-41-38(36-14-6-7-15-37(36)40)23-20-31-12-8-26-49-45(31)41/h1-28H. The molecule has 11 aromatic rings. The number of rotatable bonds is 4. The van der Waals surface area contributed by atoms with E-state index >= 15 is 0 Å². The Bertz CT molecular complexity index is 3220. The largest absolute Gasteiger partial charge is 0.456 e. The molecule has 0 N–H and O–H groups in total. The number of furan rings is 1. The molecule has 11 rings (SSSR count). The van der Waals surface area contributed by atoms with Crippen molar-refractivity contribution in [2.75, 3.05) is 0 Å². The van der Waals surface area contributed by atoms with E-state index in [4.69, 9.17) is 24.4 Å². The van der Waals surface area contributed by atoms with Crippen LogP contribution < -0.4 is 0 Å². The average molecular weight is 677 g/mol. The Morgan fingerprint density at radius 1 is 0.358 bits per heavy atom. The van der Waals surface area contributed by atoms with Gasteiger partial charge in [0.05, 0.1) is 5.52 Å². The zero-order valence-electron chi connectivity index (χ0n) is 28.4. The van der Waals surface area contributed by atoms with Gasteiger partial charge in [0.25, 0.3) is 0 Å². The third-order valence-corrected chi connectivity index (χ3v) is 10.4. The van der Waals surface area contributed by atoms with Crippen molar-refractivity contribution in [2.24, 2.45) is 0 Å². The molecular weight excluding hydrogens is 649 g/mol. The van der Waals surface area contributed by atoms with E-state index in [2.05, 4.69) is 121 Å². The van der Waals surface area contributed by atoms with Crippen LogP contribution >= 0.6 is 0 Å². The average Bonchev–Trinajstić information content (AvgIpc) is 3.62. The lowest BCUT2D eigenvalue weighted by molar-refractivity contribution is 0.669. The van der Waals surface area contributed by atoms with E-state index in [1.807, 2.05) is 48.7 Å². The molecule has 0 radical (unpaired) electrons. The zero-order chi connectivity index (χ0) is 34.9. The van der Waals surface area contributed by atoms with Crippen molar-refractivity contribution in [3.63, 3.8) is 0 Å². The molecule has 3 heterocycles. The Morgan fingerprint density at radius 3 is 1.79 bits per heavy atom. The van der Waals surface area contributed by atoms with Crippen LogP contribution in [-0.4, -0.2) is 19.9 Å². The number of benzene rings is 8. The molecule has 3 aromatic heterocycles. The first-order chi connectivity index (χ1) is 26.2. The topological polar surface area (TPSA) is 64.7 Å². The second-order valence-corrected chi connectivity index (χ2v) is 13.4. The first-order valence-electron chi connectivity index (χ1n) is 17.7. The van der Waals surface area contributed by atoms with Gasteiger partial charge in [-0.1, -0.05) is 133 Å². The van der Waals surface area contributed by atoms with Gasteiger partial charge >= 0.3 is 0 Å². The van der Waals surface area contributed by atoms with E-state index < -0.39 is 0 Å².